The van der Waals surface area contributed by atoms with Crippen LogP contribution in [0.3, 0.4) is 0 Å². The van der Waals surface area contributed by atoms with Gasteiger partial charge in [-0.1, -0.05) is 18.7 Å². The number of hydrogen-bond donors (Lipinski definition) is 1. The molecule has 1 N–H and O–H groups in total. The van der Waals surface area contributed by atoms with Crippen LogP contribution in [-0.2, 0) is 13.0 Å². The summed E-state index contributed by atoms with van der Waals surface area (Å²) in [6.45, 7) is 7.12. The van der Waals surface area contributed by atoms with Gasteiger partial charge in [0.25, 0.3) is 0 Å². The molecule has 0 spiro atoms. The Morgan fingerprint density at radius 2 is 2.22 bits per heavy atom. The van der Waals surface area contributed by atoms with E-state index < -0.39 is 0 Å². The Balaban J connectivity index is 1.82. The van der Waals surface area contributed by atoms with Crippen molar-refractivity contribution in [1.29, 1.82) is 0 Å². The lowest BCUT2D eigenvalue weighted by Crippen LogP contribution is -2.04. The van der Waals surface area contributed by atoms with Gasteiger partial charge in [0.05, 0.1) is 12.2 Å². The molecule has 0 amide bonds. The topological polar surface area (TPSA) is 59.4 Å². The van der Waals surface area contributed by atoms with Crippen molar-refractivity contribution in [2.75, 3.05) is 5.75 Å². The molecular weight excluding hydrogens is 246 g/mol. The molecule has 2 heterocycles. The van der Waals surface area contributed by atoms with Crippen LogP contribution in [0.1, 0.15) is 30.6 Å². The second kappa shape index (κ2) is 6.04. The minimum absolute atomic E-state index is 0.833. The van der Waals surface area contributed by atoms with Crippen molar-refractivity contribution >= 4 is 11.8 Å². The summed E-state index contributed by atoms with van der Waals surface area (Å²) < 4.78 is 2.03. The number of aromatic nitrogens is 5. The molecule has 98 valence electrons. The normalized spacial score (nSPS) is 11.1. The fourth-order valence-electron chi connectivity index (χ4n) is 1.82. The summed E-state index contributed by atoms with van der Waals surface area (Å²) in [5, 5.41) is 12.4. The monoisotopic (exact) mass is 265 g/mol. The number of H-pyrrole nitrogens is 1. The van der Waals surface area contributed by atoms with Crippen LogP contribution in [0.2, 0.25) is 0 Å². The smallest absolute Gasteiger partial charge is 0.208 e. The van der Waals surface area contributed by atoms with Crippen LogP contribution < -0.4 is 0 Å². The maximum absolute atomic E-state index is 4.43. The van der Waals surface area contributed by atoms with Gasteiger partial charge in [0.15, 0.2) is 0 Å². The van der Waals surface area contributed by atoms with Gasteiger partial charge in [0, 0.05) is 17.9 Å². The molecule has 0 atom stereocenters. The number of nitrogens with zero attached hydrogens (tertiary/aromatic N) is 4. The highest BCUT2D eigenvalue weighted by molar-refractivity contribution is 7.99. The van der Waals surface area contributed by atoms with E-state index in [9.17, 15) is 0 Å². The number of aryl methyl sites for hydroxylation is 4. The second-order valence-electron chi connectivity index (χ2n) is 4.31. The van der Waals surface area contributed by atoms with Gasteiger partial charge in [-0.15, -0.1) is 5.10 Å². The van der Waals surface area contributed by atoms with E-state index in [4.69, 9.17) is 0 Å². The summed E-state index contributed by atoms with van der Waals surface area (Å²) in [6, 6.07) is 2.09. The quantitative estimate of drug-likeness (QED) is 0.815. The first-order valence-corrected chi connectivity index (χ1v) is 7.22. The third-order valence-corrected chi connectivity index (χ3v) is 3.46. The third-order valence-electron chi connectivity index (χ3n) is 2.64. The molecule has 0 radical (unpaired) electrons. The van der Waals surface area contributed by atoms with Gasteiger partial charge >= 0.3 is 0 Å². The zero-order valence-corrected chi connectivity index (χ0v) is 11.9. The summed E-state index contributed by atoms with van der Waals surface area (Å²) in [5.74, 6) is 1.91. The summed E-state index contributed by atoms with van der Waals surface area (Å²) in [6.07, 6.45) is 2.05. The number of rotatable bonds is 6. The highest BCUT2D eigenvalue weighted by atomic mass is 32.2. The fraction of sp³-hybridized carbons (Fsp3) is 0.583. The van der Waals surface area contributed by atoms with Crippen molar-refractivity contribution in [2.24, 2.45) is 0 Å². The van der Waals surface area contributed by atoms with E-state index in [1.54, 1.807) is 11.8 Å². The third kappa shape index (κ3) is 3.35. The van der Waals surface area contributed by atoms with Gasteiger partial charge in [-0.05, 0) is 26.3 Å². The molecule has 0 saturated heterocycles. The van der Waals surface area contributed by atoms with Crippen LogP contribution >= 0.6 is 11.8 Å². The van der Waals surface area contributed by atoms with Crippen LogP contribution in [0, 0.1) is 13.8 Å². The summed E-state index contributed by atoms with van der Waals surface area (Å²) in [4.78, 5) is 4.43. The van der Waals surface area contributed by atoms with Crippen molar-refractivity contribution in [2.45, 2.75) is 45.3 Å². The standard InChI is InChI=1S/C12H19N5S/c1-4-5-11-13-12(15-14-11)18-7-6-17-10(3)8-9(2)16-17/h8H,4-7H2,1-3H3,(H,13,14,15). The highest BCUT2D eigenvalue weighted by Gasteiger charge is 2.04. The first-order chi connectivity index (χ1) is 8.69. The van der Waals surface area contributed by atoms with Crippen molar-refractivity contribution in [1.82, 2.24) is 25.0 Å². The summed E-state index contributed by atoms with van der Waals surface area (Å²) >= 11 is 1.67. The molecule has 0 aliphatic heterocycles. The van der Waals surface area contributed by atoms with Crippen molar-refractivity contribution in [3.63, 3.8) is 0 Å². The van der Waals surface area contributed by atoms with Gasteiger partial charge < -0.3 is 0 Å². The molecule has 18 heavy (non-hydrogen) atoms. The molecule has 0 fully saturated rings. The molecule has 2 aromatic rings. The number of nitrogens with one attached hydrogen (secondary N) is 1. The highest BCUT2D eigenvalue weighted by Crippen LogP contribution is 2.13. The average molecular weight is 265 g/mol. The molecule has 5 nitrogen and oxygen atoms in total. The molecule has 0 aromatic carbocycles. The Morgan fingerprint density at radius 1 is 1.39 bits per heavy atom. The molecular formula is C12H19N5S. The van der Waals surface area contributed by atoms with Gasteiger partial charge in [0.2, 0.25) is 5.16 Å². The fourth-order valence-corrected chi connectivity index (χ4v) is 2.55. The largest absolute Gasteiger partial charge is 0.269 e. The number of aromatic amines is 1. The van der Waals surface area contributed by atoms with E-state index >= 15 is 0 Å². The molecule has 0 aliphatic carbocycles. The predicted molar refractivity (Wildman–Crippen MR) is 72.8 cm³/mol. The Morgan fingerprint density at radius 3 is 2.89 bits per heavy atom. The molecule has 0 bridgehead atoms. The van der Waals surface area contributed by atoms with Gasteiger partial charge in [0.1, 0.15) is 5.82 Å². The van der Waals surface area contributed by atoms with E-state index in [1.807, 2.05) is 11.6 Å². The Bertz CT molecular complexity index is 502. The van der Waals surface area contributed by atoms with Crippen LogP contribution in [0.5, 0.6) is 0 Å². The van der Waals surface area contributed by atoms with Gasteiger partial charge in [-0.25, -0.2) is 4.98 Å². The summed E-state index contributed by atoms with van der Waals surface area (Å²) in [5.41, 5.74) is 2.27. The van der Waals surface area contributed by atoms with Crippen LogP contribution in [-0.4, -0.2) is 30.7 Å². The predicted octanol–water partition coefficient (Wildman–Crippen LogP) is 2.36. The lowest BCUT2D eigenvalue weighted by atomic mass is 10.3. The number of hydrogen-bond acceptors (Lipinski definition) is 4. The van der Waals surface area contributed by atoms with Crippen LogP contribution in [0.15, 0.2) is 11.2 Å². The lowest BCUT2D eigenvalue weighted by Gasteiger charge is -2.01. The zero-order valence-electron chi connectivity index (χ0n) is 11.1. The average Bonchev–Trinajstić information content (AvgIpc) is 2.87. The number of thioether (sulfide) groups is 1. The maximum Gasteiger partial charge on any atom is 0.208 e. The maximum atomic E-state index is 4.43. The van der Waals surface area contributed by atoms with Gasteiger partial charge in [-0.2, -0.15) is 5.10 Å². The van der Waals surface area contributed by atoms with E-state index in [-0.39, 0.29) is 0 Å². The SMILES string of the molecule is CCCc1nc(SCCn2nc(C)cc2C)n[nH]1. The van der Waals surface area contributed by atoms with Crippen LogP contribution in [0.4, 0.5) is 0 Å². The van der Waals surface area contributed by atoms with E-state index in [2.05, 4.69) is 40.2 Å². The molecule has 0 unspecified atom stereocenters. The second-order valence-corrected chi connectivity index (χ2v) is 5.38. The van der Waals surface area contributed by atoms with E-state index in [0.29, 0.717) is 0 Å². The Kier molecular flexibility index (Phi) is 4.41. The van der Waals surface area contributed by atoms with E-state index in [0.717, 1.165) is 41.8 Å². The molecule has 2 rings (SSSR count). The first-order valence-electron chi connectivity index (χ1n) is 6.24. The van der Waals surface area contributed by atoms with Gasteiger partial charge in [-0.3, -0.25) is 9.78 Å². The minimum Gasteiger partial charge on any atom is -0.269 e. The van der Waals surface area contributed by atoms with Crippen molar-refractivity contribution < 1.29 is 0 Å². The minimum atomic E-state index is 0.833. The lowest BCUT2D eigenvalue weighted by molar-refractivity contribution is 0.640. The Hall–Kier alpha value is -1.30. The molecule has 0 saturated carbocycles. The van der Waals surface area contributed by atoms with Crippen LogP contribution in [0.25, 0.3) is 0 Å². The molecule has 6 heteroatoms. The molecule has 0 aliphatic rings. The first kappa shape index (κ1) is 13.1. The van der Waals surface area contributed by atoms with Crippen molar-refractivity contribution in [3.8, 4) is 0 Å². The zero-order chi connectivity index (χ0) is 13.0. The Labute approximate surface area is 111 Å². The van der Waals surface area contributed by atoms with Crippen molar-refractivity contribution in [3.05, 3.63) is 23.3 Å². The molecule has 2 aromatic heterocycles. The van der Waals surface area contributed by atoms with E-state index in [1.165, 1.54) is 5.69 Å². The summed E-state index contributed by atoms with van der Waals surface area (Å²) in [7, 11) is 0.